The zero-order valence-electron chi connectivity index (χ0n) is 11.7. The quantitative estimate of drug-likeness (QED) is 0.700. The minimum Gasteiger partial charge on any atom is -0.326 e. The molecular weight excluding hydrogens is 236 g/mol. The molecule has 1 aromatic rings. The van der Waals surface area contributed by atoms with E-state index >= 15 is 0 Å². The highest BCUT2D eigenvalue weighted by Gasteiger charge is 2.49. The number of allylic oxidation sites excluding steroid dienone is 2. The maximum Gasteiger partial charge on any atom is 0.248 e. The van der Waals surface area contributed by atoms with Crippen LogP contribution in [0, 0.1) is 5.41 Å². The van der Waals surface area contributed by atoms with E-state index in [1.165, 1.54) is 11.1 Å². The molecule has 2 bridgehead atoms. The zero-order chi connectivity index (χ0) is 13.8. The molecular formula is C16H20N2O. The number of H-pyrrole nitrogens is 1. The molecule has 1 heterocycles. The predicted molar refractivity (Wildman–Crippen MR) is 76.9 cm³/mol. The highest BCUT2D eigenvalue weighted by molar-refractivity contribution is 5.51. The number of nitrogens with one attached hydrogen (secondary N) is 1. The van der Waals surface area contributed by atoms with Crippen molar-refractivity contribution < 1.29 is 0 Å². The third-order valence-corrected chi connectivity index (χ3v) is 4.53. The first-order chi connectivity index (χ1) is 8.89. The van der Waals surface area contributed by atoms with Crippen LogP contribution >= 0.6 is 0 Å². The molecule has 3 rings (SSSR count). The molecule has 3 nitrogen and oxygen atoms in total. The van der Waals surface area contributed by atoms with Gasteiger partial charge in [0.1, 0.15) is 0 Å². The average molecular weight is 256 g/mol. The third-order valence-electron chi connectivity index (χ3n) is 4.53. The van der Waals surface area contributed by atoms with Gasteiger partial charge in [0.2, 0.25) is 5.56 Å². The van der Waals surface area contributed by atoms with Crippen molar-refractivity contribution in [2.24, 2.45) is 11.1 Å². The molecule has 2 aliphatic carbocycles. The van der Waals surface area contributed by atoms with E-state index in [1.807, 2.05) is 6.07 Å². The van der Waals surface area contributed by atoms with Crippen LogP contribution in [-0.4, -0.2) is 4.98 Å². The molecule has 1 aromatic heterocycles. The van der Waals surface area contributed by atoms with E-state index in [4.69, 9.17) is 5.73 Å². The van der Waals surface area contributed by atoms with Gasteiger partial charge >= 0.3 is 0 Å². The molecule has 0 radical (unpaired) electrons. The van der Waals surface area contributed by atoms with Gasteiger partial charge in [-0.1, -0.05) is 24.6 Å². The van der Waals surface area contributed by atoms with Crippen molar-refractivity contribution in [3.05, 3.63) is 57.0 Å². The van der Waals surface area contributed by atoms with Crippen molar-refractivity contribution in [3.8, 4) is 0 Å². The lowest BCUT2D eigenvalue weighted by Gasteiger charge is -2.50. The van der Waals surface area contributed by atoms with E-state index in [1.54, 1.807) is 6.07 Å². The summed E-state index contributed by atoms with van der Waals surface area (Å²) in [6.45, 7) is 6.41. The number of hydrogen-bond donors (Lipinski definition) is 2. The van der Waals surface area contributed by atoms with Crippen LogP contribution in [0.4, 0.5) is 0 Å². The fourth-order valence-electron chi connectivity index (χ4n) is 4.13. The first kappa shape index (κ1) is 12.4. The Morgan fingerprint density at radius 3 is 2.79 bits per heavy atom. The van der Waals surface area contributed by atoms with Gasteiger partial charge in [-0.25, -0.2) is 0 Å². The molecule has 100 valence electrons. The molecule has 19 heavy (non-hydrogen) atoms. The molecule has 3 N–H and O–H groups in total. The van der Waals surface area contributed by atoms with Crippen molar-refractivity contribution in [2.45, 2.75) is 39.2 Å². The number of hydrogen-bond acceptors (Lipinski definition) is 2. The molecule has 1 unspecified atom stereocenters. The van der Waals surface area contributed by atoms with Crippen molar-refractivity contribution in [1.29, 1.82) is 0 Å². The molecule has 0 saturated carbocycles. The molecule has 0 amide bonds. The van der Waals surface area contributed by atoms with Crippen LogP contribution in [0.3, 0.4) is 0 Å². The van der Waals surface area contributed by atoms with Crippen LogP contribution in [0.25, 0.3) is 0 Å². The number of fused-ring (bicyclic) bond motifs is 4. The second-order valence-corrected chi connectivity index (χ2v) is 6.15. The van der Waals surface area contributed by atoms with Crippen LogP contribution < -0.4 is 11.3 Å². The van der Waals surface area contributed by atoms with Crippen LogP contribution in [0.2, 0.25) is 0 Å². The molecule has 0 aromatic carbocycles. The summed E-state index contributed by atoms with van der Waals surface area (Å²) in [5, 5.41) is 0. The summed E-state index contributed by atoms with van der Waals surface area (Å²) in [6.07, 6.45) is 6.09. The Morgan fingerprint density at radius 1 is 1.37 bits per heavy atom. The number of aromatic nitrogens is 1. The van der Waals surface area contributed by atoms with Crippen molar-refractivity contribution in [3.63, 3.8) is 0 Å². The second-order valence-electron chi connectivity index (χ2n) is 6.15. The monoisotopic (exact) mass is 256 g/mol. The van der Waals surface area contributed by atoms with Crippen LogP contribution in [0.5, 0.6) is 0 Å². The molecule has 0 spiro atoms. The Balaban J connectivity index is 2.35. The van der Waals surface area contributed by atoms with Crippen molar-refractivity contribution in [2.75, 3.05) is 0 Å². The lowest BCUT2D eigenvalue weighted by Crippen LogP contribution is -2.52. The summed E-state index contributed by atoms with van der Waals surface area (Å²) in [5.41, 5.74) is 10.8. The van der Waals surface area contributed by atoms with Gasteiger partial charge in [-0.05, 0) is 37.5 Å². The average Bonchev–Trinajstić information content (AvgIpc) is 2.25. The third kappa shape index (κ3) is 1.58. The van der Waals surface area contributed by atoms with Gasteiger partial charge in [0.05, 0.1) is 5.54 Å². The summed E-state index contributed by atoms with van der Waals surface area (Å²) in [4.78, 5) is 14.5. The topological polar surface area (TPSA) is 58.9 Å². The SMILES string of the molecule is CC=C1C2(C)C=C(C)C[C@]1(N)c1ccc(=O)[nH]c1C2. The maximum atomic E-state index is 11.6. The lowest BCUT2D eigenvalue weighted by atomic mass is 9.57. The van der Waals surface area contributed by atoms with Crippen LogP contribution in [-0.2, 0) is 12.0 Å². The maximum absolute atomic E-state index is 11.6. The highest BCUT2D eigenvalue weighted by Crippen LogP contribution is 2.53. The number of aromatic amines is 1. The standard InChI is InChI=1S/C16H20N2O/c1-4-13-15(3)7-10(2)8-16(13,17)11-5-6-14(19)18-12(11)9-15/h4-7H,8-9,17H2,1-3H3,(H,18,19)/t15?,16-/m0/s1. The molecule has 0 fully saturated rings. The van der Waals surface area contributed by atoms with Gasteiger partial charge in [0, 0.05) is 23.6 Å². The first-order valence-corrected chi connectivity index (χ1v) is 6.76. The minimum absolute atomic E-state index is 0.0475. The fourth-order valence-corrected chi connectivity index (χ4v) is 4.13. The fraction of sp³-hybridized carbons (Fsp3) is 0.438. The predicted octanol–water partition coefficient (Wildman–Crippen LogP) is 2.39. The Morgan fingerprint density at radius 2 is 2.11 bits per heavy atom. The summed E-state index contributed by atoms with van der Waals surface area (Å²) >= 11 is 0. The van der Waals surface area contributed by atoms with E-state index in [0.29, 0.717) is 0 Å². The summed E-state index contributed by atoms with van der Waals surface area (Å²) in [7, 11) is 0. The van der Waals surface area contributed by atoms with Gasteiger partial charge < -0.3 is 10.7 Å². The summed E-state index contributed by atoms with van der Waals surface area (Å²) < 4.78 is 0. The van der Waals surface area contributed by atoms with E-state index in [9.17, 15) is 4.79 Å². The van der Waals surface area contributed by atoms with E-state index in [2.05, 4.69) is 37.9 Å². The molecule has 2 atom stereocenters. The van der Waals surface area contributed by atoms with Gasteiger partial charge in [-0.3, -0.25) is 4.79 Å². The van der Waals surface area contributed by atoms with Crippen LogP contribution in [0.15, 0.2) is 40.2 Å². The minimum atomic E-state index is -0.472. The van der Waals surface area contributed by atoms with E-state index in [-0.39, 0.29) is 11.0 Å². The van der Waals surface area contributed by atoms with E-state index in [0.717, 1.165) is 24.1 Å². The lowest BCUT2D eigenvalue weighted by molar-refractivity contribution is 0.324. The van der Waals surface area contributed by atoms with Gasteiger partial charge in [0.25, 0.3) is 0 Å². The Bertz CT molecular complexity index is 668. The number of pyridine rings is 1. The largest absolute Gasteiger partial charge is 0.326 e. The Hall–Kier alpha value is -1.61. The number of nitrogens with two attached hydrogens (primary N) is 1. The molecule has 0 saturated heterocycles. The van der Waals surface area contributed by atoms with Crippen LogP contribution in [0.1, 0.15) is 38.4 Å². The second kappa shape index (κ2) is 3.70. The first-order valence-electron chi connectivity index (χ1n) is 6.76. The van der Waals surface area contributed by atoms with Gasteiger partial charge in [-0.2, -0.15) is 0 Å². The smallest absolute Gasteiger partial charge is 0.248 e. The summed E-state index contributed by atoms with van der Waals surface area (Å²) in [6, 6.07) is 3.48. The van der Waals surface area contributed by atoms with Gasteiger partial charge in [-0.15, -0.1) is 0 Å². The van der Waals surface area contributed by atoms with Crippen molar-refractivity contribution >= 4 is 0 Å². The van der Waals surface area contributed by atoms with Gasteiger partial charge in [0.15, 0.2) is 0 Å². The Labute approximate surface area is 113 Å². The van der Waals surface area contributed by atoms with E-state index < -0.39 is 5.54 Å². The molecule has 2 aliphatic rings. The zero-order valence-corrected chi connectivity index (χ0v) is 11.7. The highest BCUT2D eigenvalue weighted by atomic mass is 16.1. The van der Waals surface area contributed by atoms with Crippen molar-refractivity contribution in [1.82, 2.24) is 4.98 Å². The Kier molecular flexibility index (Phi) is 2.42. The normalized spacial score (nSPS) is 34.9. The summed E-state index contributed by atoms with van der Waals surface area (Å²) in [5.74, 6) is 0. The number of rotatable bonds is 0. The molecule has 0 aliphatic heterocycles. The molecule has 3 heteroatoms.